The van der Waals surface area contributed by atoms with E-state index in [0.29, 0.717) is 32.2 Å². The van der Waals surface area contributed by atoms with Crippen LogP contribution in [0.3, 0.4) is 0 Å². The normalized spacial score (nSPS) is 14.9. The number of nitrogens with one attached hydrogen (secondary N) is 1. The molecule has 0 aliphatic carbocycles. The Labute approximate surface area is 196 Å². The fourth-order valence-corrected chi connectivity index (χ4v) is 4.46. The Morgan fingerprint density at radius 3 is 2.61 bits per heavy atom. The second-order valence-electron chi connectivity index (χ2n) is 6.52. The van der Waals surface area contributed by atoms with Crippen LogP contribution in [-0.2, 0) is 9.59 Å². The highest BCUT2D eigenvalue weighted by molar-refractivity contribution is 9.10. The molecule has 3 amide bonds. The molecule has 0 unspecified atom stereocenters. The Balaban J connectivity index is 1.75. The zero-order chi connectivity index (χ0) is 22.7. The lowest BCUT2D eigenvalue weighted by Gasteiger charge is -2.13. The number of aryl methyl sites for hydroxylation is 1. The SMILES string of the molecule is COc1cc(/C=C2/SC(=O)N(CC(=O)Nc3ccc(C)c(Cl)c3)C2=O)cc(Br)c1OC. The van der Waals surface area contributed by atoms with Crippen LogP contribution in [0.25, 0.3) is 6.08 Å². The molecule has 0 radical (unpaired) electrons. The standard InChI is InChI=1S/C21H18BrClN2O5S/c1-11-4-5-13(9-15(11)23)24-18(26)10-25-20(27)17(31-21(25)28)8-12-6-14(22)19(30-3)16(7-12)29-2/h4-9H,10H2,1-3H3,(H,24,26)/b17-8+. The second kappa shape index (κ2) is 9.76. The molecule has 162 valence electrons. The van der Waals surface area contributed by atoms with Gasteiger partial charge in [-0.3, -0.25) is 19.3 Å². The van der Waals surface area contributed by atoms with Gasteiger partial charge in [-0.05, 0) is 76.1 Å². The summed E-state index contributed by atoms with van der Waals surface area (Å²) < 4.78 is 11.2. The van der Waals surface area contributed by atoms with Crippen LogP contribution in [0.2, 0.25) is 5.02 Å². The van der Waals surface area contributed by atoms with Crippen LogP contribution in [0, 0.1) is 6.92 Å². The minimum absolute atomic E-state index is 0.204. The van der Waals surface area contributed by atoms with Crippen molar-refractivity contribution >= 4 is 68.1 Å². The summed E-state index contributed by atoms with van der Waals surface area (Å²) in [6.45, 7) is 1.45. The maximum Gasteiger partial charge on any atom is 0.294 e. The van der Waals surface area contributed by atoms with Crippen molar-refractivity contribution in [2.75, 3.05) is 26.1 Å². The Bertz CT molecular complexity index is 1110. The number of hydrogen-bond acceptors (Lipinski definition) is 6. The smallest absolute Gasteiger partial charge is 0.294 e. The van der Waals surface area contributed by atoms with Gasteiger partial charge in [-0.2, -0.15) is 0 Å². The lowest BCUT2D eigenvalue weighted by Crippen LogP contribution is -2.36. The highest BCUT2D eigenvalue weighted by Crippen LogP contribution is 2.38. The Morgan fingerprint density at radius 1 is 1.23 bits per heavy atom. The van der Waals surface area contributed by atoms with Crippen LogP contribution in [0.4, 0.5) is 10.5 Å². The molecule has 31 heavy (non-hydrogen) atoms. The highest BCUT2D eigenvalue weighted by atomic mass is 79.9. The van der Waals surface area contributed by atoms with Crippen molar-refractivity contribution in [3.63, 3.8) is 0 Å². The van der Waals surface area contributed by atoms with Crippen LogP contribution in [0.1, 0.15) is 11.1 Å². The van der Waals surface area contributed by atoms with Gasteiger partial charge in [0.1, 0.15) is 6.54 Å². The van der Waals surface area contributed by atoms with Gasteiger partial charge in [0, 0.05) is 10.7 Å². The van der Waals surface area contributed by atoms with Gasteiger partial charge in [-0.1, -0.05) is 17.7 Å². The molecule has 7 nitrogen and oxygen atoms in total. The maximum atomic E-state index is 12.7. The van der Waals surface area contributed by atoms with E-state index in [1.165, 1.54) is 14.2 Å². The highest BCUT2D eigenvalue weighted by Gasteiger charge is 2.36. The van der Waals surface area contributed by atoms with Crippen molar-refractivity contribution < 1.29 is 23.9 Å². The zero-order valence-corrected chi connectivity index (χ0v) is 20.0. The van der Waals surface area contributed by atoms with Crippen molar-refractivity contribution in [3.05, 3.63) is 55.9 Å². The van der Waals surface area contributed by atoms with Crippen LogP contribution < -0.4 is 14.8 Å². The molecule has 3 rings (SSSR count). The van der Waals surface area contributed by atoms with Gasteiger partial charge in [0.05, 0.1) is 23.6 Å². The number of methoxy groups -OCH3 is 2. The number of thioether (sulfide) groups is 1. The number of hydrogen-bond donors (Lipinski definition) is 1. The summed E-state index contributed by atoms with van der Waals surface area (Å²) in [6.07, 6.45) is 1.56. The topological polar surface area (TPSA) is 84.9 Å². The minimum atomic E-state index is -0.544. The predicted octanol–water partition coefficient (Wildman–Crippen LogP) is 5.10. The van der Waals surface area contributed by atoms with Crippen LogP contribution in [0.15, 0.2) is 39.7 Å². The van der Waals surface area contributed by atoms with Gasteiger partial charge < -0.3 is 14.8 Å². The van der Waals surface area contributed by atoms with Crippen molar-refractivity contribution in [2.45, 2.75) is 6.92 Å². The number of carbonyl (C=O) groups is 3. The number of rotatable bonds is 6. The monoisotopic (exact) mass is 524 g/mol. The fourth-order valence-electron chi connectivity index (χ4n) is 2.82. The quantitative estimate of drug-likeness (QED) is 0.528. The fraction of sp³-hybridized carbons (Fsp3) is 0.190. The summed E-state index contributed by atoms with van der Waals surface area (Å²) in [5.41, 5.74) is 1.99. The van der Waals surface area contributed by atoms with Gasteiger partial charge in [-0.25, -0.2) is 0 Å². The third kappa shape index (κ3) is 5.23. The predicted molar refractivity (Wildman–Crippen MR) is 125 cm³/mol. The summed E-state index contributed by atoms with van der Waals surface area (Å²) >= 11 is 10.2. The molecule has 0 saturated carbocycles. The molecule has 2 aromatic rings. The molecule has 1 aliphatic rings. The van der Waals surface area contributed by atoms with Crippen molar-refractivity contribution in [1.82, 2.24) is 4.90 Å². The molecule has 10 heteroatoms. The number of amides is 3. The molecule has 1 fully saturated rings. The summed E-state index contributed by atoms with van der Waals surface area (Å²) in [5.74, 6) is -0.0607. The molecule has 0 spiro atoms. The molecular formula is C21H18BrClN2O5S. The zero-order valence-electron chi connectivity index (χ0n) is 16.8. The van der Waals surface area contributed by atoms with Gasteiger partial charge in [-0.15, -0.1) is 0 Å². The summed E-state index contributed by atoms with van der Waals surface area (Å²) in [6, 6.07) is 8.50. The number of imide groups is 1. The van der Waals surface area contributed by atoms with E-state index < -0.39 is 23.6 Å². The first kappa shape index (κ1) is 23.2. The molecule has 1 aliphatic heterocycles. The number of ether oxygens (including phenoxy) is 2. The molecular weight excluding hydrogens is 508 g/mol. The first-order valence-corrected chi connectivity index (χ1v) is 10.9. The lowest BCUT2D eigenvalue weighted by atomic mass is 10.2. The van der Waals surface area contributed by atoms with E-state index in [1.54, 1.807) is 36.4 Å². The molecule has 1 N–H and O–H groups in total. The summed E-state index contributed by atoms with van der Waals surface area (Å²) in [5, 5.41) is 2.63. The van der Waals surface area contributed by atoms with Gasteiger partial charge >= 0.3 is 0 Å². The van der Waals surface area contributed by atoms with Gasteiger partial charge in [0.15, 0.2) is 11.5 Å². The van der Waals surface area contributed by atoms with Crippen molar-refractivity contribution in [1.29, 1.82) is 0 Å². The largest absolute Gasteiger partial charge is 0.493 e. The average molecular weight is 526 g/mol. The Morgan fingerprint density at radius 2 is 1.97 bits per heavy atom. The van der Waals surface area contributed by atoms with E-state index in [2.05, 4.69) is 21.2 Å². The van der Waals surface area contributed by atoms with E-state index in [-0.39, 0.29) is 4.91 Å². The third-order valence-electron chi connectivity index (χ3n) is 4.38. The molecule has 1 saturated heterocycles. The average Bonchev–Trinajstić information content (AvgIpc) is 2.97. The molecule has 0 aromatic heterocycles. The van der Waals surface area contributed by atoms with E-state index >= 15 is 0 Å². The number of nitrogens with zero attached hydrogens (tertiary/aromatic N) is 1. The first-order chi connectivity index (χ1) is 14.7. The second-order valence-corrected chi connectivity index (χ2v) is 8.77. The number of benzene rings is 2. The van der Waals surface area contributed by atoms with E-state index in [1.807, 2.05) is 6.92 Å². The summed E-state index contributed by atoms with van der Waals surface area (Å²) in [4.78, 5) is 38.5. The molecule has 0 bridgehead atoms. The molecule has 1 heterocycles. The molecule has 0 atom stereocenters. The van der Waals surface area contributed by atoms with Crippen LogP contribution in [0.5, 0.6) is 11.5 Å². The number of carbonyl (C=O) groups excluding carboxylic acids is 3. The Kier molecular flexibility index (Phi) is 7.30. The minimum Gasteiger partial charge on any atom is -0.493 e. The van der Waals surface area contributed by atoms with Crippen LogP contribution >= 0.6 is 39.3 Å². The maximum absolute atomic E-state index is 12.7. The van der Waals surface area contributed by atoms with Crippen molar-refractivity contribution in [3.8, 4) is 11.5 Å². The molecule has 2 aromatic carbocycles. The van der Waals surface area contributed by atoms with E-state index in [9.17, 15) is 14.4 Å². The first-order valence-electron chi connectivity index (χ1n) is 8.96. The van der Waals surface area contributed by atoms with E-state index in [4.69, 9.17) is 21.1 Å². The third-order valence-corrected chi connectivity index (χ3v) is 6.29. The Hall–Kier alpha value is -2.49. The summed E-state index contributed by atoms with van der Waals surface area (Å²) in [7, 11) is 3.02. The van der Waals surface area contributed by atoms with Gasteiger partial charge in [0.25, 0.3) is 11.1 Å². The van der Waals surface area contributed by atoms with Crippen LogP contribution in [-0.4, -0.2) is 42.7 Å². The van der Waals surface area contributed by atoms with Crippen molar-refractivity contribution in [2.24, 2.45) is 0 Å². The van der Waals surface area contributed by atoms with Gasteiger partial charge in [0.2, 0.25) is 5.91 Å². The lowest BCUT2D eigenvalue weighted by molar-refractivity contribution is -0.127. The van der Waals surface area contributed by atoms with E-state index in [0.717, 1.165) is 22.2 Å². The number of halogens is 2. The number of anilines is 1.